The third-order valence-corrected chi connectivity index (χ3v) is 1.95. The number of amides is 1. The first-order valence-corrected chi connectivity index (χ1v) is 3.84. The summed E-state index contributed by atoms with van der Waals surface area (Å²) < 4.78 is 5.11. The van der Waals surface area contributed by atoms with Gasteiger partial charge >= 0.3 is 0 Å². The van der Waals surface area contributed by atoms with Crippen LogP contribution in [0.3, 0.4) is 0 Å². The highest BCUT2D eigenvalue weighted by molar-refractivity contribution is 5.80. The fourth-order valence-electron chi connectivity index (χ4n) is 1.25. The summed E-state index contributed by atoms with van der Waals surface area (Å²) in [6.45, 7) is 1.96. The number of nitrogens with two attached hydrogens (primary N) is 1. The van der Waals surface area contributed by atoms with Crippen LogP contribution in [-0.4, -0.2) is 19.1 Å². The molecule has 0 heterocycles. The number of hydrogen-bond donors (Lipinski definition) is 1. The number of carbonyl (C=O) groups excluding carboxylic acids is 1. The SMILES string of the molecule is COC1C=C(C)C=CC1C(N)=O. The minimum absolute atomic E-state index is 0.201. The van der Waals surface area contributed by atoms with Gasteiger partial charge in [0.1, 0.15) is 0 Å². The van der Waals surface area contributed by atoms with Crippen molar-refractivity contribution >= 4 is 5.91 Å². The molecule has 0 aromatic rings. The summed E-state index contributed by atoms with van der Waals surface area (Å²) in [5.41, 5.74) is 6.28. The lowest BCUT2D eigenvalue weighted by atomic mass is 9.94. The predicted octanol–water partition coefficient (Wildman–Crippen LogP) is 0.619. The number of allylic oxidation sites excluding steroid dienone is 2. The highest BCUT2D eigenvalue weighted by Gasteiger charge is 2.24. The summed E-state index contributed by atoms with van der Waals surface area (Å²) in [6.07, 6.45) is 5.36. The van der Waals surface area contributed by atoms with Crippen LogP contribution in [0.4, 0.5) is 0 Å². The van der Waals surface area contributed by atoms with Gasteiger partial charge in [0.2, 0.25) is 5.91 Å². The first-order chi connectivity index (χ1) is 5.65. The van der Waals surface area contributed by atoms with Gasteiger partial charge in [0, 0.05) is 7.11 Å². The van der Waals surface area contributed by atoms with Crippen LogP contribution in [-0.2, 0) is 9.53 Å². The van der Waals surface area contributed by atoms with E-state index < -0.39 is 0 Å². The van der Waals surface area contributed by atoms with Gasteiger partial charge in [-0.2, -0.15) is 0 Å². The average molecular weight is 167 g/mol. The van der Waals surface area contributed by atoms with E-state index in [1.54, 1.807) is 13.2 Å². The van der Waals surface area contributed by atoms with Crippen molar-refractivity contribution in [1.29, 1.82) is 0 Å². The number of rotatable bonds is 2. The van der Waals surface area contributed by atoms with E-state index in [-0.39, 0.29) is 17.9 Å². The van der Waals surface area contributed by atoms with Crippen molar-refractivity contribution in [2.45, 2.75) is 13.0 Å². The van der Waals surface area contributed by atoms with Crippen molar-refractivity contribution in [2.24, 2.45) is 11.7 Å². The molecule has 0 radical (unpaired) electrons. The second-order valence-corrected chi connectivity index (χ2v) is 2.90. The highest BCUT2D eigenvalue weighted by atomic mass is 16.5. The van der Waals surface area contributed by atoms with Crippen molar-refractivity contribution in [3.05, 3.63) is 23.8 Å². The molecule has 0 saturated carbocycles. The Bertz CT molecular complexity index is 243. The van der Waals surface area contributed by atoms with E-state index in [9.17, 15) is 4.79 Å². The summed E-state index contributed by atoms with van der Waals surface area (Å²) in [5.74, 6) is -0.666. The molecule has 1 aliphatic carbocycles. The third kappa shape index (κ3) is 1.74. The van der Waals surface area contributed by atoms with Crippen molar-refractivity contribution in [3.8, 4) is 0 Å². The van der Waals surface area contributed by atoms with Crippen LogP contribution in [0.1, 0.15) is 6.92 Å². The summed E-state index contributed by atoms with van der Waals surface area (Å²) in [5, 5.41) is 0. The molecule has 0 saturated heterocycles. The largest absolute Gasteiger partial charge is 0.376 e. The van der Waals surface area contributed by atoms with Gasteiger partial charge in [-0.05, 0) is 6.92 Å². The average Bonchev–Trinajstić information content (AvgIpc) is 2.03. The zero-order valence-corrected chi connectivity index (χ0v) is 7.28. The Morgan fingerprint density at radius 2 is 2.33 bits per heavy atom. The molecular weight excluding hydrogens is 154 g/mol. The molecule has 0 aromatic carbocycles. The molecule has 3 nitrogen and oxygen atoms in total. The predicted molar refractivity (Wildman–Crippen MR) is 46.4 cm³/mol. The number of hydrogen-bond acceptors (Lipinski definition) is 2. The molecule has 12 heavy (non-hydrogen) atoms. The second-order valence-electron chi connectivity index (χ2n) is 2.90. The Hall–Kier alpha value is -1.09. The Morgan fingerprint density at radius 1 is 1.67 bits per heavy atom. The van der Waals surface area contributed by atoms with Gasteiger partial charge in [0.05, 0.1) is 12.0 Å². The Kier molecular flexibility index (Phi) is 2.65. The van der Waals surface area contributed by atoms with Crippen molar-refractivity contribution in [3.63, 3.8) is 0 Å². The van der Waals surface area contributed by atoms with Gasteiger partial charge in [-0.15, -0.1) is 0 Å². The number of methoxy groups -OCH3 is 1. The molecule has 1 rings (SSSR count). The van der Waals surface area contributed by atoms with E-state index in [2.05, 4.69) is 0 Å². The van der Waals surface area contributed by atoms with Gasteiger partial charge in [-0.25, -0.2) is 0 Å². The van der Waals surface area contributed by atoms with Crippen molar-refractivity contribution in [1.82, 2.24) is 0 Å². The summed E-state index contributed by atoms with van der Waals surface area (Å²) in [4.78, 5) is 10.9. The third-order valence-electron chi connectivity index (χ3n) is 1.95. The Labute approximate surface area is 71.9 Å². The summed E-state index contributed by atoms with van der Waals surface area (Å²) in [6, 6.07) is 0. The molecule has 0 aliphatic heterocycles. The fraction of sp³-hybridized carbons (Fsp3) is 0.444. The molecule has 2 N–H and O–H groups in total. The lowest BCUT2D eigenvalue weighted by molar-refractivity contribution is -0.123. The first-order valence-electron chi connectivity index (χ1n) is 3.84. The maximum absolute atomic E-state index is 10.9. The van der Waals surface area contributed by atoms with Gasteiger partial charge in [0.15, 0.2) is 0 Å². The smallest absolute Gasteiger partial charge is 0.227 e. The minimum atomic E-state index is -0.346. The van der Waals surface area contributed by atoms with Crippen LogP contribution in [0.15, 0.2) is 23.8 Å². The van der Waals surface area contributed by atoms with E-state index in [4.69, 9.17) is 10.5 Å². The highest BCUT2D eigenvalue weighted by Crippen LogP contribution is 2.18. The van der Waals surface area contributed by atoms with Crippen LogP contribution >= 0.6 is 0 Å². The summed E-state index contributed by atoms with van der Waals surface area (Å²) >= 11 is 0. The van der Waals surface area contributed by atoms with E-state index in [0.29, 0.717) is 0 Å². The van der Waals surface area contributed by atoms with Gasteiger partial charge < -0.3 is 10.5 Å². The van der Waals surface area contributed by atoms with E-state index >= 15 is 0 Å². The quantitative estimate of drug-likeness (QED) is 0.655. The molecule has 0 spiro atoms. The standard InChI is InChI=1S/C9H13NO2/c1-6-3-4-7(9(10)11)8(5-6)12-2/h3-5,7-8H,1-2H3,(H2,10,11). The van der Waals surface area contributed by atoms with Crippen molar-refractivity contribution in [2.75, 3.05) is 7.11 Å². The first kappa shape index (κ1) is 9.00. The lowest BCUT2D eigenvalue weighted by Crippen LogP contribution is -2.33. The van der Waals surface area contributed by atoms with Crippen LogP contribution in [0.5, 0.6) is 0 Å². The van der Waals surface area contributed by atoms with Crippen molar-refractivity contribution < 1.29 is 9.53 Å². The van der Waals surface area contributed by atoms with Crippen LogP contribution < -0.4 is 5.73 Å². The number of primary amides is 1. The Balaban J connectivity index is 2.79. The van der Waals surface area contributed by atoms with Crippen LogP contribution in [0, 0.1) is 5.92 Å². The molecule has 3 heteroatoms. The molecule has 2 unspecified atom stereocenters. The molecule has 0 fully saturated rings. The van der Waals surface area contributed by atoms with Crippen LogP contribution in [0.2, 0.25) is 0 Å². The summed E-state index contributed by atoms with van der Waals surface area (Å²) in [7, 11) is 1.57. The van der Waals surface area contributed by atoms with E-state index in [0.717, 1.165) is 5.57 Å². The second kappa shape index (κ2) is 3.54. The molecule has 66 valence electrons. The molecule has 0 aromatic heterocycles. The zero-order chi connectivity index (χ0) is 9.14. The lowest BCUT2D eigenvalue weighted by Gasteiger charge is -2.21. The minimum Gasteiger partial charge on any atom is -0.376 e. The van der Waals surface area contributed by atoms with E-state index in [1.165, 1.54) is 0 Å². The normalized spacial score (nSPS) is 28.3. The zero-order valence-electron chi connectivity index (χ0n) is 7.28. The molecule has 2 atom stereocenters. The molecule has 0 bridgehead atoms. The number of carbonyl (C=O) groups is 1. The topological polar surface area (TPSA) is 52.3 Å². The van der Waals surface area contributed by atoms with Gasteiger partial charge in [-0.3, -0.25) is 4.79 Å². The van der Waals surface area contributed by atoms with Gasteiger partial charge in [-0.1, -0.05) is 23.8 Å². The Morgan fingerprint density at radius 3 is 2.83 bits per heavy atom. The van der Waals surface area contributed by atoms with Crippen LogP contribution in [0.25, 0.3) is 0 Å². The molecular formula is C9H13NO2. The monoisotopic (exact) mass is 167 g/mol. The fourth-order valence-corrected chi connectivity index (χ4v) is 1.25. The maximum atomic E-state index is 10.9. The van der Waals surface area contributed by atoms with Gasteiger partial charge in [0.25, 0.3) is 0 Å². The molecule has 1 amide bonds. The maximum Gasteiger partial charge on any atom is 0.227 e. The van der Waals surface area contributed by atoms with E-state index in [1.807, 2.05) is 19.1 Å². The molecule has 1 aliphatic rings. The number of ether oxygens (including phenoxy) is 1.